The Hall–Kier alpha value is -1.78. The molecule has 0 aliphatic rings. The first kappa shape index (κ1) is 16.3. The van der Waals surface area contributed by atoms with Gasteiger partial charge in [-0.2, -0.15) is 0 Å². The number of carboxylic acids is 1. The number of carbonyl (C=O) groups is 2. The van der Waals surface area contributed by atoms with Crippen molar-refractivity contribution in [3.05, 3.63) is 23.7 Å². The summed E-state index contributed by atoms with van der Waals surface area (Å²) in [5.41, 5.74) is 0.261. The smallest absolute Gasteiger partial charge is 0.338 e. The van der Waals surface area contributed by atoms with E-state index < -0.39 is 5.97 Å². The first-order valence-corrected chi connectivity index (χ1v) is 6.79. The molecule has 1 aromatic heterocycles. The van der Waals surface area contributed by atoms with E-state index in [9.17, 15) is 9.59 Å². The molecule has 0 fully saturated rings. The predicted octanol–water partition coefficient (Wildman–Crippen LogP) is 3.17. The number of carbonyl (C=O) groups excluding carboxylic acids is 1. The van der Waals surface area contributed by atoms with Crippen molar-refractivity contribution in [3.8, 4) is 0 Å². The van der Waals surface area contributed by atoms with Gasteiger partial charge in [0.25, 0.3) is 5.91 Å². The summed E-state index contributed by atoms with van der Waals surface area (Å²) in [6.45, 7) is 9.29. The largest absolute Gasteiger partial charge is 0.478 e. The van der Waals surface area contributed by atoms with Crippen LogP contribution >= 0.6 is 0 Å². The minimum absolute atomic E-state index is 0.0174. The molecule has 1 atom stereocenters. The molecule has 2 N–H and O–H groups in total. The number of hydrogen-bond donors (Lipinski definition) is 2. The number of nitrogens with one attached hydrogen (secondary N) is 1. The van der Waals surface area contributed by atoms with E-state index in [4.69, 9.17) is 9.52 Å². The summed E-state index contributed by atoms with van der Waals surface area (Å²) in [6.07, 6.45) is 3.04. The third-order valence-electron chi connectivity index (χ3n) is 2.95. The van der Waals surface area contributed by atoms with Crippen LogP contribution in [0, 0.1) is 11.3 Å². The van der Waals surface area contributed by atoms with Crippen molar-refractivity contribution in [3.63, 3.8) is 0 Å². The van der Waals surface area contributed by atoms with Crippen LogP contribution in [0.4, 0.5) is 0 Å². The molecular formula is C15H23NO4. The van der Waals surface area contributed by atoms with Crippen LogP contribution in [0.2, 0.25) is 0 Å². The minimum atomic E-state index is -1.11. The highest BCUT2D eigenvalue weighted by Crippen LogP contribution is 2.25. The molecule has 0 spiro atoms. The summed E-state index contributed by atoms with van der Waals surface area (Å²) in [4.78, 5) is 22.4. The van der Waals surface area contributed by atoms with Crippen LogP contribution in [-0.2, 0) is 0 Å². The lowest BCUT2D eigenvalue weighted by atomic mass is 9.84. The van der Waals surface area contributed by atoms with Crippen LogP contribution in [0.25, 0.3) is 0 Å². The molecule has 5 nitrogen and oxygen atoms in total. The summed E-state index contributed by atoms with van der Waals surface area (Å²) in [6, 6.07) is 1.23. The SMILES string of the molecule is CC(CCNC(=O)c1cc(C(=O)O)co1)CC(C)(C)C. The second-order valence-corrected chi connectivity index (χ2v) is 6.42. The van der Waals surface area contributed by atoms with Crippen LogP contribution in [-0.4, -0.2) is 23.5 Å². The molecular weight excluding hydrogens is 258 g/mol. The van der Waals surface area contributed by atoms with E-state index in [1.54, 1.807) is 0 Å². The maximum atomic E-state index is 11.7. The second kappa shape index (κ2) is 6.59. The average molecular weight is 281 g/mol. The van der Waals surface area contributed by atoms with Crippen LogP contribution < -0.4 is 5.32 Å². The molecule has 0 aliphatic heterocycles. The number of rotatable bonds is 6. The first-order chi connectivity index (χ1) is 9.19. The molecule has 5 heteroatoms. The standard InChI is InChI=1S/C15H23NO4/c1-10(8-15(2,3)4)5-6-16-13(17)12-7-11(9-20-12)14(18)19/h7,9-10H,5-6,8H2,1-4H3,(H,16,17)(H,18,19). The highest BCUT2D eigenvalue weighted by Gasteiger charge is 2.17. The molecule has 1 unspecified atom stereocenters. The molecule has 0 saturated heterocycles. The lowest BCUT2D eigenvalue weighted by molar-refractivity contribution is 0.0695. The van der Waals surface area contributed by atoms with Crippen molar-refractivity contribution >= 4 is 11.9 Å². The van der Waals surface area contributed by atoms with Crippen molar-refractivity contribution in [2.24, 2.45) is 11.3 Å². The quantitative estimate of drug-likeness (QED) is 0.839. The van der Waals surface area contributed by atoms with Gasteiger partial charge in [-0.3, -0.25) is 4.79 Å². The third kappa shape index (κ3) is 5.47. The monoisotopic (exact) mass is 281 g/mol. The normalized spacial score (nSPS) is 13.0. The van der Waals surface area contributed by atoms with Gasteiger partial charge >= 0.3 is 5.97 Å². The van der Waals surface area contributed by atoms with E-state index in [1.165, 1.54) is 6.07 Å². The van der Waals surface area contributed by atoms with Crippen LogP contribution in [0.3, 0.4) is 0 Å². The van der Waals surface area contributed by atoms with Gasteiger partial charge in [-0.1, -0.05) is 27.7 Å². The second-order valence-electron chi connectivity index (χ2n) is 6.42. The fourth-order valence-corrected chi connectivity index (χ4v) is 2.23. The van der Waals surface area contributed by atoms with E-state index in [2.05, 4.69) is 33.0 Å². The summed E-state index contributed by atoms with van der Waals surface area (Å²) in [7, 11) is 0. The third-order valence-corrected chi connectivity index (χ3v) is 2.95. The van der Waals surface area contributed by atoms with Gasteiger partial charge < -0.3 is 14.8 Å². The summed E-state index contributed by atoms with van der Waals surface area (Å²) in [5, 5.41) is 11.5. The first-order valence-electron chi connectivity index (χ1n) is 6.79. The molecule has 0 aliphatic carbocycles. The Morgan fingerprint density at radius 3 is 2.55 bits per heavy atom. The van der Waals surface area contributed by atoms with Crippen molar-refractivity contribution in [1.82, 2.24) is 5.32 Å². The summed E-state index contributed by atoms with van der Waals surface area (Å²) < 4.78 is 4.93. The maximum Gasteiger partial charge on any atom is 0.338 e. The van der Waals surface area contributed by atoms with Gasteiger partial charge in [0, 0.05) is 12.6 Å². The zero-order chi connectivity index (χ0) is 15.3. The van der Waals surface area contributed by atoms with Crippen molar-refractivity contribution in [1.29, 1.82) is 0 Å². The molecule has 112 valence electrons. The van der Waals surface area contributed by atoms with E-state index in [0.29, 0.717) is 12.5 Å². The molecule has 1 aromatic rings. The maximum absolute atomic E-state index is 11.7. The molecule has 1 amide bonds. The molecule has 1 heterocycles. The van der Waals surface area contributed by atoms with Gasteiger partial charge in [0.15, 0.2) is 5.76 Å². The molecule has 0 radical (unpaired) electrons. The number of carboxylic acid groups (broad SMARTS) is 1. The number of furan rings is 1. The number of hydrogen-bond acceptors (Lipinski definition) is 3. The predicted molar refractivity (Wildman–Crippen MR) is 75.9 cm³/mol. The zero-order valence-electron chi connectivity index (χ0n) is 12.5. The number of amides is 1. The van der Waals surface area contributed by atoms with Crippen molar-refractivity contribution in [2.45, 2.75) is 40.5 Å². The summed E-state index contributed by atoms with van der Waals surface area (Å²) >= 11 is 0. The van der Waals surface area contributed by atoms with Gasteiger partial charge in [-0.15, -0.1) is 0 Å². The minimum Gasteiger partial charge on any atom is -0.478 e. The number of aromatic carboxylic acids is 1. The lowest BCUT2D eigenvalue weighted by Crippen LogP contribution is -2.26. The van der Waals surface area contributed by atoms with Crippen molar-refractivity contribution in [2.75, 3.05) is 6.54 Å². The van der Waals surface area contributed by atoms with Gasteiger partial charge in [-0.25, -0.2) is 4.79 Å². The van der Waals surface area contributed by atoms with Gasteiger partial charge in [0.05, 0.1) is 5.56 Å². The highest BCUT2D eigenvalue weighted by molar-refractivity contribution is 5.95. The van der Waals surface area contributed by atoms with Crippen molar-refractivity contribution < 1.29 is 19.1 Å². The Kier molecular flexibility index (Phi) is 5.36. The Morgan fingerprint density at radius 2 is 2.05 bits per heavy atom. The molecule has 0 bridgehead atoms. The fraction of sp³-hybridized carbons (Fsp3) is 0.600. The van der Waals surface area contributed by atoms with E-state index in [1.807, 2.05) is 0 Å². The van der Waals surface area contributed by atoms with Crippen LogP contribution in [0.1, 0.15) is 61.4 Å². The Balaban J connectivity index is 2.38. The molecule has 0 aromatic carbocycles. The zero-order valence-corrected chi connectivity index (χ0v) is 12.5. The van der Waals surface area contributed by atoms with Gasteiger partial charge in [0.1, 0.15) is 6.26 Å². The van der Waals surface area contributed by atoms with E-state index >= 15 is 0 Å². The topological polar surface area (TPSA) is 79.5 Å². The Morgan fingerprint density at radius 1 is 1.40 bits per heavy atom. The fourth-order valence-electron chi connectivity index (χ4n) is 2.23. The van der Waals surface area contributed by atoms with Crippen LogP contribution in [0.15, 0.2) is 16.7 Å². The van der Waals surface area contributed by atoms with E-state index in [-0.39, 0.29) is 22.6 Å². The van der Waals surface area contributed by atoms with E-state index in [0.717, 1.165) is 19.1 Å². The molecule has 20 heavy (non-hydrogen) atoms. The Labute approximate surface area is 119 Å². The summed E-state index contributed by atoms with van der Waals surface area (Å²) in [5.74, 6) is -0.931. The van der Waals surface area contributed by atoms with Gasteiger partial charge in [0.2, 0.25) is 0 Å². The van der Waals surface area contributed by atoms with Crippen LogP contribution in [0.5, 0.6) is 0 Å². The lowest BCUT2D eigenvalue weighted by Gasteiger charge is -2.23. The molecule has 0 saturated carbocycles. The van der Waals surface area contributed by atoms with Gasteiger partial charge in [-0.05, 0) is 24.2 Å². The Bertz CT molecular complexity index is 470. The highest BCUT2D eigenvalue weighted by atomic mass is 16.4. The average Bonchev–Trinajstić information content (AvgIpc) is 2.75. The molecule has 1 rings (SSSR count).